The molecule has 2 fully saturated rings. The van der Waals surface area contributed by atoms with Crippen LogP contribution in [-0.4, -0.2) is 29.7 Å². The SMILES string of the molecule is c1cc(OCC2CCNC2)nc(C2CC2)n1. The van der Waals surface area contributed by atoms with Crippen LogP contribution in [0.5, 0.6) is 5.88 Å². The van der Waals surface area contributed by atoms with Crippen molar-refractivity contribution in [2.24, 2.45) is 5.92 Å². The topological polar surface area (TPSA) is 47.0 Å². The van der Waals surface area contributed by atoms with E-state index in [9.17, 15) is 0 Å². The van der Waals surface area contributed by atoms with Gasteiger partial charge in [0.1, 0.15) is 5.82 Å². The van der Waals surface area contributed by atoms with Crippen molar-refractivity contribution in [1.82, 2.24) is 15.3 Å². The minimum absolute atomic E-state index is 0.594. The molecule has 2 aliphatic rings. The summed E-state index contributed by atoms with van der Waals surface area (Å²) in [6.45, 7) is 2.96. The summed E-state index contributed by atoms with van der Waals surface area (Å²) in [5.74, 6) is 2.93. The van der Waals surface area contributed by atoms with E-state index in [-0.39, 0.29) is 0 Å². The summed E-state index contributed by atoms with van der Waals surface area (Å²) in [4.78, 5) is 8.72. The predicted molar refractivity (Wildman–Crippen MR) is 60.5 cm³/mol. The third kappa shape index (κ3) is 2.32. The third-order valence-electron chi connectivity index (χ3n) is 3.22. The molecule has 86 valence electrons. The fourth-order valence-electron chi connectivity index (χ4n) is 2.03. The predicted octanol–water partition coefficient (Wildman–Crippen LogP) is 1.34. The molecule has 1 aromatic rings. The Balaban J connectivity index is 1.58. The zero-order valence-electron chi connectivity index (χ0n) is 9.35. The molecular weight excluding hydrogens is 202 g/mol. The first-order valence-electron chi connectivity index (χ1n) is 6.08. The highest BCUT2D eigenvalue weighted by atomic mass is 16.5. The fraction of sp³-hybridized carbons (Fsp3) is 0.667. The van der Waals surface area contributed by atoms with Gasteiger partial charge in [-0.3, -0.25) is 0 Å². The summed E-state index contributed by atoms with van der Waals surface area (Å²) < 4.78 is 5.72. The van der Waals surface area contributed by atoms with Crippen LogP contribution in [0.25, 0.3) is 0 Å². The second-order valence-corrected chi connectivity index (χ2v) is 4.70. The lowest BCUT2D eigenvalue weighted by atomic mass is 10.1. The van der Waals surface area contributed by atoms with Crippen LogP contribution in [0.2, 0.25) is 0 Å². The second kappa shape index (κ2) is 4.37. The molecule has 0 amide bonds. The van der Waals surface area contributed by atoms with Gasteiger partial charge in [-0.05, 0) is 25.8 Å². The molecule has 4 heteroatoms. The lowest BCUT2D eigenvalue weighted by Gasteiger charge is -2.10. The number of rotatable bonds is 4. The van der Waals surface area contributed by atoms with Crippen molar-refractivity contribution in [3.63, 3.8) is 0 Å². The Morgan fingerprint density at radius 1 is 1.38 bits per heavy atom. The molecule has 1 unspecified atom stereocenters. The lowest BCUT2D eigenvalue weighted by molar-refractivity contribution is 0.250. The highest BCUT2D eigenvalue weighted by molar-refractivity contribution is 5.13. The van der Waals surface area contributed by atoms with E-state index in [0.717, 1.165) is 31.4 Å². The lowest BCUT2D eigenvalue weighted by Crippen LogP contribution is -2.16. The van der Waals surface area contributed by atoms with Gasteiger partial charge in [0.05, 0.1) is 6.61 Å². The van der Waals surface area contributed by atoms with E-state index in [1.54, 1.807) is 0 Å². The first-order chi connectivity index (χ1) is 7.92. The van der Waals surface area contributed by atoms with Gasteiger partial charge in [0.15, 0.2) is 0 Å². The first kappa shape index (κ1) is 10.0. The van der Waals surface area contributed by atoms with Crippen LogP contribution < -0.4 is 10.1 Å². The Morgan fingerprint density at radius 2 is 2.31 bits per heavy atom. The molecule has 3 rings (SSSR count). The van der Waals surface area contributed by atoms with Crippen LogP contribution in [0, 0.1) is 5.92 Å². The average molecular weight is 219 g/mol. The summed E-state index contributed by atoms with van der Waals surface area (Å²) in [5, 5.41) is 3.34. The number of hydrogen-bond donors (Lipinski definition) is 1. The maximum Gasteiger partial charge on any atom is 0.216 e. The molecule has 16 heavy (non-hydrogen) atoms. The molecule has 0 bridgehead atoms. The molecule has 4 nitrogen and oxygen atoms in total. The van der Waals surface area contributed by atoms with Gasteiger partial charge in [-0.25, -0.2) is 4.98 Å². The van der Waals surface area contributed by atoms with Crippen LogP contribution >= 0.6 is 0 Å². The van der Waals surface area contributed by atoms with Crippen molar-refractivity contribution < 1.29 is 4.74 Å². The number of nitrogens with one attached hydrogen (secondary N) is 1. The molecule has 0 aromatic carbocycles. The van der Waals surface area contributed by atoms with Crippen molar-refractivity contribution in [2.45, 2.75) is 25.2 Å². The van der Waals surface area contributed by atoms with E-state index in [0.29, 0.717) is 11.8 Å². The minimum Gasteiger partial charge on any atom is -0.477 e. The van der Waals surface area contributed by atoms with Gasteiger partial charge in [-0.1, -0.05) is 0 Å². The number of aromatic nitrogens is 2. The van der Waals surface area contributed by atoms with Gasteiger partial charge in [0, 0.05) is 30.6 Å². The molecule has 1 aromatic heterocycles. The Morgan fingerprint density at radius 3 is 3.06 bits per heavy atom. The summed E-state index contributed by atoms with van der Waals surface area (Å²) in [5.41, 5.74) is 0. The van der Waals surface area contributed by atoms with E-state index >= 15 is 0 Å². The largest absolute Gasteiger partial charge is 0.477 e. The van der Waals surface area contributed by atoms with Gasteiger partial charge >= 0.3 is 0 Å². The zero-order valence-corrected chi connectivity index (χ0v) is 9.35. The third-order valence-corrected chi connectivity index (χ3v) is 3.22. The van der Waals surface area contributed by atoms with Crippen LogP contribution in [-0.2, 0) is 0 Å². The van der Waals surface area contributed by atoms with Crippen molar-refractivity contribution in [3.8, 4) is 5.88 Å². The Kier molecular flexibility index (Phi) is 2.74. The molecule has 1 aliphatic carbocycles. The quantitative estimate of drug-likeness (QED) is 0.830. The van der Waals surface area contributed by atoms with Gasteiger partial charge in [-0.2, -0.15) is 4.98 Å². The number of ether oxygens (including phenoxy) is 1. The van der Waals surface area contributed by atoms with E-state index in [1.165, 1.54) is 19.3 Å². The van der Waals surface area contributed by atoms with Crippen molar-refractivity contribution >= 4 is 0 Å². The van der Waals surface area contributed by atoms with E-state index < -0.39 is 0 Å². The summed E-state index contributed by atoms with van der Waals surface area (Å²) >= 11 is 0. The molecule has 1 atom stereocenters. The number of hydrogen-bond acceptors (Lipinski definition) is 4. The highest BCUT2D eigenvalue weighted by Gasteiger charge is 2.26. The maximum absolute atomic E-state index is 5.72. The normalized spacial score (nSPS) is 24.6. The molecule has 1 N–H and O–H groups in total. The standard InChI is InChI=1S/C12H17N3O/c1-2-10(1)12-14-6-4-11(15-12)16-8-9-3-5-13-7-9/h4,6,9-10,13H,1-3,5,7-8H2. The molecule has 1 saturated carbocycles. The van der Waals surface area contributed by atoms with Gasteiger partial charge in [-0.15, -0.1) is 0 Å². The van der Waals surface area contributed by atoms with E-state index in [4.69, 9.17) is 4.74 Å². The molecule has 1 saturated heterocycles. The Labute approximate surface area is 95.4 Å². The monoisotopic (exact) mass is 219 g/mol. The zero-order chi connectivity index (χ0) is 10.8. The highest BCUT2D eigenvalue weighted by Crippen LogP contribution is 2.38. The summed E-state index contributed by atoms with van der Waals surface area (Å²) in [6, 6.07) is 1.86. The fourth-order valence-corrected chi connectivity index (χ4v) is 2.03. The van der Waals surface area contributed by atoms with Crippen LogP contribution in [0.15, 0.2) is 12.3 Å². The smallest absolute Gasteiger partial charge is 0.216 e. The Bertz CT molecular complexity index is 359. The maximum atomic E-state index is 5.72. The summed E-state index contributed by atoms with van der Waals surface area (Å²) in [7, 11) is 0. The van der Waals surface area contributed by atoms with Crippen LogP contribution in [0.3, 0.4) is 0 Å². The van der Waals surface area contributed by atoms with E-state index in [1.807, 2.05) is 12.3 Å². The van der Waals surface area contributed by atoms with Gasteiger partial charge in [0.25, 0.3) is 0 Å². The summed E-state index contributed by atoms with van der Waals surface area (Å²) in [6.07, 6.45) is 5.48. The Hall–Kier alpha value is -1.16. The second-order valence-electron chi connectivity index (χ2n) is 4.70. The van der Waals surface area contributed by atoms with Crippen LogP contribution in [0.1, 0.15) is 31.0 Å². The molecule has 0 spiro atoms. The molecule has 2 heterocycles. The van der Waals surface area contributed by atoms with Gasteiger partial charge < -0.3 is 10.1 Å². The average Bonchev–Trinajstić information content (AvgIpc) is 3.05. The van der Waals surface area contributed by atoms with Crippen molar-refractivity contribution in [2.75, 3.05) is 19.7 Å². The van der Waals surface area contributed by atoms with Crippen molar-refractivity contribution in [3.05, 3.63) is 18.1 Å². The number of nitrogens with zero attached hydrogens (tertiary/aromatic N) is 2. The van der Waals surface area contributed by atoms with Crippen molar-refractivity contribution in [1.29, 1.82) is 0 Å². The molecular formula is C12H17N3O. The van der Waals surface area contributed by atoms with Gasteiger partial charge in [0.2, 0.25) is 5.88 Å². The molecule has 1 aliphatic heterocycles. The first-order valence-corrected chi connectivity index (χ1v) is 6.08. The van der Waals surface area contributed by atoms with Crippen LogP contribution in [0.4, 0.5) is 0 Å². The van der Waals surface area contributed by atoms with E-state index in [2.05, 4.69) is 15.3 Å². The molecule has 0 radical (unpaired) electrons. The minimum atomic E-state index is 0.594.